The van der Waals surface area contributed by atoms with E-state index >= 15 is 8.78 Å². The first kappa shape index (κ1) is 57.8. The number of hydrogen-bond acceptors (Lipinski definition) is 13. The maximum Gasteiger partial charge on any atom is 0.418 e. The lowest BCUT2D eigenvalue weighted by molar-refractivity contribution is -0.138. The van der Waals surface area contributed by atoms with E-state index in [4.69, 9.17) is 14.7 Å². The molecular formula is C64H58F8N16O. The molecule has 9 heterocycles. The van der Waals surface area contributed by atoms with Crippen LogP contribution in [0.15, 0.2) is 122 Å². The van der Waals surface area contributed by atoms with Crippen molar-refractivity contribution >= 4 is 0 Å². The Morgan fingerprint density at radius 3 is 1.52 bits per heavy atom. The topological polar surface area (TPSA) is 182 Å². The Kier molecular flexibility index (Phi) is 15.3. The molecule has 2 N–H and O–H groups in total. The van der Waals surface area contributed by atoms with Crippen LogP contribution in [-0.4, -0.2) is 94.3 Å². The molecule has 2 atom stereocenters. The first-order chi connectivity index (χ1) is 43.0. The molecule has 8 aromatic heterocycles. The van der Waals surface area contributed by atoms with E-state index in [2.05, 4.69) is 58.1 Å². The summed E-state index contributed by atoms with van der Waals surface area (Å²) < 4.78 is 130. The van der Waals surface area contributed by atoms with E-state index in [0.29, 0.717) is 93.7 Å². The lowest BCUT2D eigenvalue weighted by Crippen LogP contribution is -2.36. The predicted octanol–water partition coefficient (Wildman–Crippen LogP) is 12.8. The minimum atomic E-state index is -4.70. The van der Waals surface area contributed by atoms with Crippen LogP contribution in [0.1, 0.15) is 104 Å². The van der Waals surface area contributed by atoms with Crippen molar-refractivity contribution in [1.82, 2.24) is 79.7 Å². The van der Waals surface area contributed by atoms with Crippen LogP contribution in [0.3, 0.4) is 0 Å². The third kappa shape index (κ3) is 12.3. The molecular weight excluding hydrogens is 1160 g/mol. The van der Waals surface area contributed by atoms with E-state index in [9.17, 15) is 26.3 Å². The van der Waals surface area contributed by atoms with Gasteiger partial charge in [-0.2, -0.15) is 36.5 Å². The lowest BCUT2D eigenvalue weighted by atomic mass is 9.80. The van der Waals surface area contributed by atoms with Gasteiger partial charge in [-0.15, -0.1) is 20.4 Å². The summed E-state index contributed by atoms with van der Waals surface area (Å²) in [6.07, 6.45) is 7.01. The molecule has 0 bridgehead atoms. The first-order valence-corrected chi connectivity index (χ1v) is 29.7. The maximum atomic E-state index is 15.6. The van der Waals surface area contributed by atoms with Gasteiger partial charge < -0.3 is 24.5 Å². The van der Waals surface area contributed by atoms with Gasteiger partial charge in [0, 0.05) is 103 Å². The summed E-state index contributed by atoms with van der Waals surface area (Å²) in [5.74, 6) is 0.990. The molecule has 0 radical (unpaired) electrons. The van der Waals surface area contributed by atoms with Crippen molar-refractivity contribution in [2.75, 3.05) is 13.2 Å². The van der Waals surface area contributed by atoms with Gasteiger partial charge in [0.2, 0.25) is 0 Å². The number of halogens is 8. The molecule has 89 heavy (non-hydrogen) atoms. The summed E-state index contributed by atoms with van der Waals surface area (Å²) in [5.41, 5.74) is 3.58. The number of nitrogens with one attached hydrogen (secondary N) is 2. The van der Waals surface area contributed by atoms with Crippen molar-refractivity contribution in [2.45, 2.75) is 121 Å². The van der Waals surface area contributed by atoms with Gasteiger partial charge in [0.1, 0.15) is 24.3 Å². The fourth-order valence-corrected chi connectivity index (χ4v) is 11.7. The van der Waals surface area contributed by atoms with Gasteiger partial charge in [-0.1, -0.05) is 18.6 Å². The second-order valence-electron chi connectivity index (χ2n) is 23.4. The Bertz CT molecular complexity index is 4250. The number of benzene rings is 2. The quantitative estimate of drug-likeness (QED) is 0.0689. The molecule has 0 spiro atoms. The number of rotatable bonds is 20. The normalized spacial score (nSPS) is 16.8. The van der Waals surface area contributed by atoms with Crippen LogP contribution in [0.4, 0.5) is 35.1 Å². The van der Waals surface area contributed by atoms with E-state index in [0.717, 1.165) is 68.5 Å². The fraction of sp³-hybridized carbons (Fsp3) is 0.344. The minimum absolute atomic E-state index is 0.0721. The van der Waals surface area contributed by atoms with Gasteiger partial charge in [0.05, 0.1) is 52.9 Å². The molecule has 3 saturated carbocycles. The Morgan fingerprint density at radius 1 is 0.562 bits per heavy atom. The standard InChI is InChI=1S/C64H58F8N16O/c1-36(37-3-2-4-37)73-29-46-11-15-53(63(67,68)69)59(79-46)42-27-77-87(31-42)57-23-40(21-55(81-57)38-5-6-38)49-13-9-44(65)25-51(49)61-83-75-34-85(61)18-19-86-35-76-84-62(86)52-26-45(66)10-14-50(52)41-22-56(39-7-8-39)82-58(24-41)88-32-43(28-78-88)60-54(64(70,71)72)16-12-47(80-60)30-74-48-17-20-89-33-48/h9-16,21-28,31-32,34-39,48,73-74H,2-8,17-20,29-30,33H2,1H3/t36-,48+/m1/s1. The van der Waals surface area contributed by atoms with Gasteiger partial charge in [-0.25, -0.2) is 28.1 Å². The highest BCUT2D eigenvalue weighted by Gasteiger charge is 2.37. The zero-order chi connectivity index (χ0) is 61.1. The summed E-state index contributed by atoms with van der Waals surface area (Å²) >= 11 is 0. The SMILES string of the molecule is C[C@@H](NCc1ccc(C(F)(F)F)c(-c2cnn(-c3cc(-c4ccc(F)cc4-c4nncn4CCn4cnnc4-c4cc(F)ccc4-c4cc(C5CC5)nc(-n5cc(-c6nc(CN[C@H]7CCOC7)ccc6C(F)(F)F)cn5)c4)cc(C4CC4)n3)c2)n1)C1CCC1. The molecule has 2 aromatic carbocycles. The second kappa shape index (κ2) is 23.5. The molecule has 1 aliphatic heterocycles. The Labute approximate surface area is 504 Å². The summed E-state index contributed by atoms with van der Waals surface area (Å²) in [6.45, 7) is 4.17. The third-order valence-corrected chi connectivity index (χ3v) is 17.2. The fourth-order valence-electron chi connectivity index (χ4n) is 11.7. The highest BCUT2D eigenvalue weighted by molar-refractivity contribution is 5.83. The van der Waals surface area contributed by atoms with Crippen LogP contribution in [-0.2, 0) is 43.3 Å². The second-order valence-corrected chi connectivity index (χ2v) is 23.4. The van der Waals surface area contributed by atoms with E-state index in [1.165, 1.54) is 89.6 Å². The monoisotopic (exact) mass is 1220 g/mol. The van der Waals surface area contributed by atoms with Crippen LogP contribution >= 0.6 is 0 Å². The maximum absolute atomic E-state index is 15.6. The molecule has 25 heteroatoms. The van der Waals surface area contributed by atoms with E-state index < -0.39 is 35.1 Å². The number of aryl methyl sites for hydroxylation is 2. The van der Waals surface area contributed by atoms with Crippen molar-refractivity contribution in [1.29, 1.82) is 0 Å². The number of nitrogens with zero attached hydrogens (tertiary/aromatic N) is 14. The average molecular weight is 1220 g/mol. The third-order valence-electron chi connectivity index (χ3n) is 17.2. The molecule has 0 amide bonds. The lowest BCUT2D eigenvalue weighted by Gasteiger charge is -2.32. The summed E-state index contributed by atoms with van der Waals surface area (Å²) in [7, 11) is 0. The van der Waals surface area contributed by atoms with Crippen LogP contribution in [0.2, 0.25) is 0 Å². The molecule has 14 rings (SSSR count). The molecule has 1 saturated heterocycles. The summed E-state index contributed by atoms with van der Waals surface area (Å²) in [5, 5.41) is 33.3. The molecule has 3 aliphatic carbocycles. The molecule has 4 aliphatic rings. The first-order valence-electron chi connectivity index (χ1n) is 29.7. The van der Waals surface area contributed by atoms with Crippen molar-refractivity contribution in [2.24, 2.45) is 5.92 Å². The van der Waals surface area contributed by atoms with Crippen LogP contribution in [0.25, 0.3) is 79.2 Å². The highest BCUT2D eigenvalue weighted by Crippen LogP contribution is 2.45. The van der Waals surface area contributed by atoms with Gasteiger partial charge in [-0.3, -0.25) is 9.97 Å². The summed E-state index contributed by atoms with van der Waals surface area (Å²) in [6, 6.07) is 21.2. The van der Waals surface area contributed by atoms with Crippen molar-refractivity contribution in [3.8, 4) is 79.2 Å². The number of ether oxygens (including phenoxy) is 1. The number of hydrogen-bond donors (Lipinski definition) is 2. The smallest absolute Gasteiger partial charge is 0.380 e. The van der Waals surface area contributed by atoms with Gasteiger partial charge in [-0.05, 0) is 153 Å². The Balaban J connectivity index is 0.744. The van der Waals surface area contributed by atoms with Crippen molar-refractivity contribution < 1.29 is 39.9 Å². The summed E-state index contributed by atoms with van der Waals surface area (Å²) in [4.78, 5) is 18.9. The van der Waals surface area contributed by atoms with Gasteiger partial charge >= 0.3 is 12.4 Å². The largest absolute Gasteiger partial charge is 0.418 e. The Morgan fingerprint density at radius 2 is 1.07 bits per heavy atom. The van der Waals surface area contributed by atoms with Crippen LogP contribution < -0.4 is 10.6 Å². The van der Waals surface area contributed by atoms with E-state index in [-0.39, 0.29) is 66.1 Å². The molecule has 10 aromatic rings. The highest BCUT2D eigenvalue weighted by atomic mass is 19.4. The van der Waals surface area contributed by atoms with E-state index in [1.54, 1.807) is 33.4 Å². The molecule has 0 unspecified atom stereocenters. The number of aromatic nitrogens is 14. The molecule has 456 valence electrons. The van der Waals surface area contributed by atoms with Gasteiger partial charge in [0.15, 0.2) is 23.3 Å². The average Bonchev–Trinajstić information content (AvgIpc) is 2.01. The van der Waals surface area contributed by atoms with Crippen LogP contribution in [0, 0.1) is 17.6 Å². The minimum Gasteiger partial charge on any atom is -0.380 e. The number of pyridine rings is 4. The zero-order valence-electron chi connectivity index (χ0n) is 48.0. The molecule has 4 fully saturated rings. The van der Waals surface area contributed by atoms with Gasteiger partial charge in [0.25, 0.3) is 0 Å². The Hall–Kier alpha value is -8.94. The van der Waals surface area contributed by atoms with Crippen LogP contribution in [0.5, 0.6) is 0 Å². The predicted molar refractivity (Wildman–Crippen MR) is 312 cm³/mol. The van der Waals surface area contributed by atoms with E-state index in [1.807, 2.05) is 12.1 Å². The zero-order valence-corrected chi connectivity index (χ0v) is 48.0. The molecule has 17 nitrogen and oxygen atoms in total. The van der Waals surface area contributed by atoms with Crippen molar-refractivity contribution in [3.05, 3.63) is 168 Å². The van der Waals surface area contributed by atoms with Crippen molar-refractivity contribution in [3.63, 3.8) is 0 Å². The number of alkyl halides is 6.